The third kappa shape index (κ3) is 3.52. The first kappa shape index (κ1) is 13.5. The number of pyridine rings is 1. The van der Waals surface area contributed by atoms with Gasteiger partial charge >= 0.3 is 0 Å². The molecule has 0 aliphatic heterocycles. The summed E-state index contributed by atoms with van der Waals surface area (Å²) >= 11 is 1.45. The van der Waals surface area contributed by atoms with E-state index in [0.717, 1.165) is 15.5 Å². The number of nitro groups is 1. The minimum Gasteiger partial charge on any atom is -0.324 e. The summed E-state index contributed by atoms with van der Waals surface area (Å²) in [7, 11) is 0. The molecule has 2 aromatic rings. The minimum atomic E-state index is -0.413. The van der Waals surface area contributed by atoms with E-state index in [1.807, 2.05) is 19.1 Å². The zero-order valence-electron chi connectivity index (χ0n) is 10.3. The van der Waals surface area contributed by atoms with Crippen LogP contribution in [0.2, 0.25) is 0 Å². The van der Waals surface area contributed by atoms with Crippen molar-refractivity contribution in [2.24, 2.45) is 5.73 Å². The average molecular weight is 275 g/mol. The molecule has 1 aromatic heterocycles. The molecule has 0 spiro atoms. The first-order valence-corrected chi connectivity index (χ1v) is 6.52. The SMILES string of the molecule is C[C@@H](N)c1ccnc(Sc2ccc([N+](=O)[O-])cc2)c1. The van der Waals surface area contributed by atoms with Crippen molar-refractivity contribution in [3.05, 3.63) is 58.3 Å². The number of hydrogen-bond donors (Lipinski definition) is 1. The molecule has 19 heavy (non-hydrogen) atoms. The van der Waals surface area contributed by atoms with E-state index in [0.29, 0.717) is 0 Å². The predicted octanol–water partition coefficient (Wildman–Crippen LogP) is 3.16. The zero-order chi connectivity index (χ0) is 13.8. The van der Waals surface area contributed by atoms with Gasteiger partial charge in [-0.15, -0.1) is 0 Å². The second-order valence-electron chi connectivity index (χ2n) is 4.07. The van der Waals surface area contributed by atoms with Gasteiger partial charge < -0.3 is 5.73 Å². The van der Waals surface area contributed by atoms with Gasteiger partial charge in [0.05, 0.1) is 4.92 Å². The summed E-state index contributed by atoms with van der Waals surface area (Å²) < 4.78 is 0. The van der Waals surface area contributed by atoms with Gasteiger partial charge in [-0.3, -0.25) is 10.1 Å². The van der Waals surface area contributed by atoms with E-state index in [1.54, 1.807) is 18.3 Å². The lowest BCUT2D eigenvalue weighted by Crippen LogP contribution is -2.04. The van der Waals surface area contributed by atoms with Crippen LogP contribution in [0.1, 0.15) is 18.5 Å². The van der Waals surface area contributed by atoms with Gasteiger partial charge in [-0.05, 0) is 36.8 Å². The highest BCUT2D eigenvalue weighted by Gasteiger charge is 2.06. The standard InChI is InChI=1S/C13H13N3O2S/c1-9(14)10-6-7-15-13(8-10)19-12-4-2-11(3-5-12)16(17)18/h2-9H,14H2,1H3/t9-/m1/s1. The topological polar surface area (TPSA) is 82.0 Å². The van der Waals surface area contributed by atoms with Gasteiger partial charge in [0.1, 0.15) is 5.03 Å². The fraction of sp³-hybridized carbons (Fsp3) is 0.154. The summed E-state index contributed by atoms with van der Waals surface area (Å²) in [4.78, 5) is 15.3. The van der Waals surface area contributed by atoms with Gasteiger partial charge in [0.2, 0.25) is 0 Å². The molecule has 1 atom stereocenters. The number of nitrogens with zero attached hydrogens (tertiary/aromatic N) is 2. The third-order valence-corrected chi connectivity index (χ3v) is 3.49. The second-order valence-corrected chi connectivity index (χ2v) is 5.16. The van der Waals surface area contributed by atoms with Crippen LogP contribution in [-0.4, -0.2) is 9.91 Å². The van der Waals surface area contributed by atoms with Crippen LogP contribution in [0, 0.1) is 10.1 Å². The van der Waals surface area contributed by atoms with Crippen LogP contribution >= 0.6 is 11.8 Å². The van der Waals surface area contributed by atoms with Crippen LogP contribution in [0.25, 0.3) is 0 Å². The molecular formula is C13H13N3O2S. The van der Waals surface area contributed by atoms with Crippen LogP contribution in [-0.2, 0) is 0 Å². The van der Waals surface area contributed by atoms with Crippen LogP contribution in [0.15, 0.2) is 52.5 Å². The van der Waals surface area contributed by atoms with Crippen molar-refractivity contribution in [2.75, 3.05) is 0 Å². The molecule has 0 amide bonds. The Kier molecular flexibility index (Phi) is 4.13. The summed E-state index contributed by atoms with van der Waals surface area (Å²) in [6.45, 7) is 1.91. The lowest BCUT2D eigenvalue weighted by atomic mass is 10.1. The Balaban J connectivity index is 2.16. The van der Waals surface area contributed by atoms with Crippen molar-refractivity contribution < 1.29 is 4.92 Å². The normalized spacial score (nSPS) is 12.1. The minimum absolute atomic E-state index is 0.0424. The maximum absolute atomic E-state index is 10.6. The van der Waals surface area contributed by atoms with Crippen molar-refractivity contribution >= 4 is 17.4 Å². The number of hydrogen-bond acceptors (Lipinski definition) is 5. The lowest BCUT2D eigenvalue weighted by Gasteiger charge is -2.07. The quantitative estimate of drug-likeness (QED) is 0.684. The van der Waals surface area contributed by atoms with Crippen molar-refractivity contribution in [1.29, 1.82) is 0 Å². The molecule has 5 nitrogen and oxygen atoms in total. The number of nitro benzene ring substituents is 1. The summed E-state index contributed by atoms with van der Waals surface area (Å²) in [6.07, 6.45) is 1.71. The van der Waals surface area contributed by atoms with Crippen LogP contribution in [0.5, 0.6) is 0 Å². The lowest BCUT2D eigenvalue weighted by molar-refractivity contribution is -0.384. The van der Waals surface area contributed by atoms with Crippen LogP contribution < -0.4 is 5.73 Å². The smallest absolute Gasteiger partial charge is 0.269 e. The van der Waals surface area contributed by atoms with Gasteiger partial charge in [0.25, 0.3) is 5.69 Å². The first-order chi connectivity index (χ1) is 9.06. The van der Waals surface area contributed by atoms with Crippen molar-refractivity contribution in [3.63, 3.8) is 0 Å². The molecule has 0 radical (unpaired) electrons. The molecule has 0 unspecified atom stereocenters. The molecule has 0 bridgehead atoms. The van der Waals surface area contributed by atoms with E-state index in [1.165, 1.54) is 23.9 Å². The number of rotatable bonds is 4. The maximum atomic E-state index is 10.6. The van der Waals surface area contributed by atoms with Gasteiger partial charge in [0.15, 0.2) is 0 Å². The zero-order valence-corrected chi connectivity index (χ0v) is 11.1. The summed E-state index contributed by atoms with van der Waals surface area (Å²) in [5.74, 6) is 0. The molecule has 1 heterocycles. The molecule has 6 heteroatoms. The molecule has 0 aliphatic carbocycles. The van der Waals surface area contributed by atoms with E-state index >= 15 is 0 Å². The maximum Gasteiger partial charge on any atom is 0.269 e. The highest BCUT2D eigenvalue weighted by atomic mass is 32.2. The fourth-order valence-electron chi connectivity index (χ4n) is 1.52. The average Bonchev–Trinajstić information content (AvgIpc) is 2.39. The second kappa shape index (κ2) is 5.81. The van der Waals surface area contributed by atoms with Crippen molar-refractivity contribution in [2.45, 2.75) is 22.9 Å². The number of benzene rings is 1. The Hall–Kier alpha value is -1.92. The predicted molar refractivity (Wildman–Crippen MR) is 74.1 cm³/mol. The van der Waals surface area contributed by atoms with Crippen LogP contribution in [0.4, 0.5) is 5.69 Å². The Morgan fingerprint density at radius 2 is 2.00 bits per heavy atom. The molecule has 98 valence electrons. The molecule has 2 N–H and O–H groups in total. The molecule has 0 saturated carbocycles. The van der Waals surface area contributed by atoms with E-state index in [4.69, 9.17) is 5.73 Å². The van der Waals surface area contributed by atoms with E-state index < -0.39 is 4.92 Å². The summed E-state index contributed by atoms with van der Waals surface area (Å²) in [5.41, 5.74) is 6.92. The van der Waals surface area contributed by atoms with Gasteiger partial charge in [-0.1, -0.05) is 11.8 Å². The van der Waals surface area contributed by atoms with Gasteiger partial charge in [-0.25, -0.2) is 4.98 Å². The monoisotopic (exact) mass is 275 g/mol. The Morgan fingerprint density at radius 1 is 1.32 bits per heavy atom. The molecule has 0 aliphatic rings. The number of non-ortho nitro benzene ring substituents is 1. The molecule has 2 rings (SSSR count). The number of nitrogens with two attached hydrogens (primary N) is 1. The van der Waals surface area contributed by atoms with E-state index in [9.17, 15) is 10.1 Å². The van der Waals surface area contributed by atoms with Gasteiger partial charge in [-0.2, -0.15) is 0 Å². The summed E-state index contributed by atoms with van der Waals surface area (Å²) in [5, 5.41) is 11.4. The van der Waals surface area contributed by atoms with E-state index in [-0.39, 0.29) is 11.7 Å². The number of aromatic nitrogens is 1. The molecule has 0 fully saturated rings. The van der Waals surface area contributed by atoms with Gasteiger partial charge in [0, 0.05) is 29.3 Å². The van der Waals surface area contributed by atoms with Crippen molar-refractivity contribution in [1.82, 2.24) is 4.98 Å². The Morgan fingerprint density at radius 3 is 2.58 bits per heavy atom. The summed E-state index contributed by atoms with van der Waals surface area (Å²) in [6, 6.07) is 10.2. The molecular weight excluding hydrogens is 262 g/mol. The highest BCUT2D eigenvalue weighted by Crippen LogP contribution is 2.28. The molecule has 1 aromatic carbocycles. The highest BCUT2D eigenvalue weighted by molar-refractivity contribution is 7.99. The van der Waals surface area contributed by atoms with E-state index in [2.05, 4.69) is 4.98 Å². The van der Waals surface area contributed by atoms with Crippen molar-refractivity contribution in [3.8, 4) is 0 Å². The Bertz CT molecular complexity index is 585. The largest absolute Gasteiger partial charge is 0.324 e. The molecule has 0 saturated heterocycles. The van der Waals surface area contributed by atoms with Crippen LogP contribution in [0.3, 0.4) is 0 Å². The first-order valence-electron chi connectivity index (χ1n) is 5.70. The third-order valence-electron chi connectivity index (χ3n) is 2.55. The fourth-order valence-corrected chi connectivity index (χ4v) is 2.34. The Labute approximate surface area is 115 Å².